The molecule has 0 bridgehead atoms. The van der Waals surface area contributed by atoms with E-state index in [1.165, 1.54) is 5.56 Å². The number of aliphatic imine (C=N–C) groups is 1. The van der Waals surface area contributed by atoms with Crippen molar-refractivity contribution in [2.45, 2.75) is 32.9 Å². The molecule has 156 valence electrons. The van der Waals surface area contributed by atoms with E-state index < -0.39 is 0 Å². The average molecular weight is 572 g/mol. The highest BCUT2D eigenvalue weighted by Gasteiger charge is 2.07. The van der Waals surface area contributed by atoms with E-state index in [1.54, 1.807) is 6.26 Å². The molecule has 1 aromatic carbocycles. The topological polar surface area (TPSA) is 67.4 Å². The molecule has 8 heteroatoms. The van der Waals surface area contributed by atoms with E-state index in [9.17, 15) is 0 Å². The monoisotopic (exact) mass is 571 g/mol. The Morgan fingerprint density at radius 2 is 2.00 bits per heavy atom. The van der Waals surface area contributed by atoms with Gasteiger partial charge in [-0.25, -0.2) is 4.99 Å². The van der Waals surface area contributed by atoms with Gasteiger partial charge in [-0.15, -0.1) is 24.0 Å². The molecule has 0 spiro atoms. The smallest absolute Gasteiger partial charge is 0.191 e. The summed E-state index contributed by atoms with van der Waals surface area (Å²) in [7, 11) is 1.95. The molecule has 0 radical (unpaired) electrons. The Hall–Kier alpha value is -1.81. The molecular formula is C21H27BrIN5O. The van der Waals surface area contributed by atoms with Crippen LogP contribution in [0.4, 0.5) is 0 Å². The lowest BCUT2D eigenvalue weighted by molar-refractivity contribution is 0.506. The number of aromatic nitrogens is 2. The molecule has 0 fully saturated rings. The summed E-state index contributed by atoms with van der Waals surface area (Å²) in [5.74, 6) is 1.74. The summed E-state index contributed by atoms with van der Waals surface area (Å²) in [4.78, 5) is 4.74. The minimum absolute atomic E-state index is 0. The standard InChI is InChI=1S/C21H26BrN5O.HI/c1-3-20-17(15-27(2)26-20)14-25-21(23-11-10-19-5-4-12-28-19)24-13-16-6-8-18(22)9-7-16;/h4-9,12,15H,3,10-11,13-14H2,1-2H3,(H2,23,24,25);1H. The number of nitrogens with one attached hydrogen (secondary N) is 2. The van der Waals surface area contributed by atoms with E-state index in [0.717, 1.165) is 46.8 Å². The summed E-state index contributed by atoms with van der Waals surface area (Å²) < 4.78 is 8.33. The van der Waals surface area contributed by atoms with Crippen LogP contribution in [0, 0.1) is 0 Å². The van der Waals surface area contributed by atoms with Crippen LogP contribution in [0.25, 0.3) is 0 Å². The third-order valence-electron chi connectivity index (χ3n) is 4.35. The van der Waals surface area contributed by atoms with Crippen LogP contribution in [0.1, 0.15) is 29.5 Å². The molecule has 6 nitrogen and oxygen atoms in total. The van der Waals surface area contributed by atoms with Crippen LogP contribution in [0.2, 0.25) is 0 Å². The van der Waals surface area contributed by atoms with Gasteiger partial charge in [-0.1, -0.05) is 35.0 Å². The van der Waals surface area contributed by atoms with Gasteiger partial charge in [-0.3, -0.25) is 4.68 Å². The van der Waals surface area contributed by atoms with Crippen molar-refractivity contribution in [2.75, 3.05) is 6.54 Å². The third-order valence-corrected chi connectivity index (χ3v) is 4.88. The van der Waals surface area contributed by atoms with Crippen LogP contribution in [0.15, 0.2) is 62.7 Å². The van der Waals surface area contributed by atoms with Crippen molar-refractivity contribution in [3.63, 3.8) is 0 Å². The molecular weight excluding hydrogens is 545 g/mol. The van der Waals surface area contributed by atoms with Gasteiger partial charge in [0.15, 0.2) is 5.96 Å². The number of aryl methyl sites for hydroxylation is 2. The van der Waals surface area contributed by atoms with Crippen LogP contribution in [-0.4, -0.2) is 22.3 Å². The van der Waals surface area contributed by atoms with Crippen LogP contribution in [0.5, 0.6) is 0 Å². The van der Waals surface area contributed by atoms with E-state index in [-0.39, 0.29) is 24.0 Å². The number of guanidine groups is 1. The van der Waals surface area contributed by atoms with E-state index in [1.807, 2.05) is 36.0 Å². The van der Waals surface area contributed by atoms with Crippen molar-refractivity contribution in [3.8, 4) is 0 Å². The summed E-state index contributed by atoms with van der Waals surface area (Å²) >= 11 is 3.47. The highest BCUT2D eigenvalue weighted by molar-refractivity contribution is 14.0. The minimum Gasteiger partial charge on any atom is -0.469 e. The lowest BCUT2D eigenvalue weighted by Crippen LogP contribution is -2.38. The van der Waals surface area contributed by atoms with Gasteiger partial charge in [-0.05, 0) is 36.2 Å². The Labute approximate surface area is 197 Å². The van der Waals surface area contributed by atoms with Gasteiger partial charge in [0.05, 0.1) is 18.5 Å². The first-order valence-corrected chi connectivity index (χ1v) is 10.2. The molecule has 0 amide bonds. The number of hydrogen-bond acceptors (Lipinski definition) is 3. The predicted octanol–water partition coefficient (Wildman–Crippen LogP) is 4.43. The summed E-state index contributed by atoms with van der Waals surface area (Å²) in [6.07, 6.45) is 5.47. The normalized spacial score (nSPS) is 11.2. The highest BCUT2D eigenvalue weighted by atomic mass is 127. The Morgan fingerprint density at radius 1 is 1.21 bits per heavy atom. The molecule has 3 rings (SSSR count). The molecule has 0 saturated carbocycles. The van der Waals surface area contributed by atoms with Crippen molar-refractivity contribution < 1.29 is 4.42 Å². The quantitative estimate of drug-likeness (QED) is 0.238. The lowest BCUT2D eigenvalue weighted by atomic mass is 10.2. The van der Waals surface area contributed by atoms with E-state index in [4.69, 9.17) is 9.41 Å². The molecule has 0 aliphatic carbocycles. The van der Waals surface area contributed by atoms with Gasteiger partial charge in [0.1, 0.15) is 5.76 Å². The maximum absolute atomic E-state index is 5.40. The largest absolute Gasteiger partial charge is 0.469 e. The molecule has 0 aliphatic heterocycles. The lowest BCUT2D eigenvalue weighted by Gasteiger charge is -2.12. The van der Waals surface area contributed by atoms with Gasteiger partial charge in [0, 0.05) is 42.8 Å². The van der Waals surface area contributed by atoms with Gasteiger partial charge >= 0.3 is 0 Å². The van der Waals surface area contributed by atoms with Crippen molar-refractivity contribution in [3.05, 3.63) is 75.9 Å². The van der Waals surface area contributed by atoms with Crippen molar-refractivity contribution in [1.82, 2.24) is 20.4 Å². The fraction of sp³-hybridized carbons (Fsp3) is 0.333. The van der Waals surface area contributed by atoms with Crippen molar-refractivity contribution in [2.24, 2.45) is 12.0 Å². The Kier molecular flexibility index (Phi) is 9.72. The number of halogens is 2. The predicted molar refractivity (Wildman–Crippen MR) is 131 cm³/mol. The first-order valence-electron chi connectivity index (χ1n) is 9.44. The van der Waals surface area contributed by atoms with Gasteiger partial charge in [-0.2, -0.15) is 5.10 Å². The first-order chi connectivity index (χ1) is 13.6. The zero-order valence-corrected chi connectivity index (χ0v) is 20.6. The zero-order valence-electron chi connectivity index (χ0n) is 16.7. The fourth-order valence-corrected chi connectivity index (χ4v) is 3.17. The fourth-order valence-electron chi connectivity index (χ4n) is 2.90. The Morgan fingerprint density at radius 3 is 2.69 bits per heavy atom. The second-order valence-electron chi connectivity index (χ2n) is 6.53. The van der Waals surface area contributed by atoms with Gasteiger partial charge in [0.2, 0.25) is 0 Å². The average Bonchev–Trinajstić information content (AvgIpc) is 3.34. The maximum atomic E-state index is 5.40. The molecule has 2 aromatic heterocycles. The summed E-state index contributed by atoms with van der Waals surface area (Å²) in [6, 6.07) is 12.1. The van der Waals surface area contributed by atoms with Crippen LogP contribution >= 0.6 is 39.9 Å². The number of furan rings is 1. The van der Waals surface area contributed by atoms with Crippen LogP contribution in [-0.2, 0) is 33.0 Å². The summed E-state index contributed by atoms with van der Waals surface area (Å²) in [6.45, 7) is 4.16. The van der Waals surface area contributed by atoms with Crippen molar-refractivity contribution >= 4 is 45.9 Å². The Balaban J connectivity index is 0.00000300. The molecule has 0 unspecified atom stereocenters. The number of hydrogen-bond donors (Lipinski definition) is 2. The Bertz CT molecular complexity index is 890. The van der Waals surface area contributed by atoms with Gasteiger partial charge < -0.3 is 15.1 Å². The molecule has 0 aliphatic rings. The van der Waals surface area contributed by atoms with Crippen LogP contribution in [0.3, 0.4) is 0 Å². The maximum Gasteiger partial charge on any atom is 0.191 e. The molecule has 0 saturated heterocycles. The number of nitrogens with zero attached hydrogens (tertiary/aromatic N) is 3. The minimum atomic E-state index is 0. The number of benzene rings is 1. The van der Waals surface area contributed by atoms with E-state index in [2.05, 4.69) is 56.9 Å². The molecule has 2 N–H and O–H groups in total. The first kappa shape index (κ1) is 23.5. The van der Waals surface area contributed by atoms with E-state index >= 15 is 0 Å². The summed E-state index contributed by atoms with van der Waals surface area (Å²) in [5, 5.41) is 11.3. The highest BCUT2D eigenvalue weighted by Crippen LogP contribution is 2.11. The van der Waals surface area contributed by atoms with Gasteiger partial charge in [0.25, 0.3) is 0 Å². The third kappa shape index (κ3) is 7.50. The number of rotatable bonds is 8. The van der Waals surface area contributed by atoms with Crippen LogP contribution < -0.4 is 10.6 Å². The molecule has 0 atom stereocenters. The van der Waals surface area contributed by atoms with E-state index in [0.29, 0.717) is 13.1 Å². The SMILES string of the molecule is CCc1nn(C)cc1CNC(=NCc1ccc(Br)cc1)NCCc1ccco1.I. The molecule has 3 aromatic rings. The molecule has 2 heterocycles. The summed E-state index contributed by atoms with van der Waals surface area (Å²) in [5.41, 5.74) is 3.46. The van der Waals surface area contributed by atoms with Crippen molar-refractivity contribution in [1.29, 1.82) is 0 Å². The second-order valence-corrected chi connectivity index (χ2v) is 7.44. The molecule has 29 heavy (non-hydrogen) atoms. The zero-order chi connectivity index (χ0) is 19.8. The second kappa shape index (κ2) is 12.0.